The molecular weight excluding hydrogens is 126 g/mol. The van der Waals surface area contributed by atoms with Gasteiger partial charge in [0.1, 0.15) is 0 Å². The summed E-state index contributed by atoms with van der Waals surface area (Å²) >= 11 is 0. The molecule has 0 aliphatic carbocycles. The summed E-state index contributed by atoms with van der Waals surface area (Å²) in [6.07, 6.45) is 2.92. The van der Waals surface area contributed by atoms with Crippen LogP contribution in [0.3, 0.4) is 0 Å². The van der Waals surface area contributed by atoms with Gasteiger partial charge in [-0.3, -0.25) is 4.79 Å². The zero-order valence-corrected chi connectivity index (χ0v) is 6.98. The van der Waals surface area contributed by atoms with Crippen molar-refractivity contribution in [3.05, 3.63) is 0 Å². The highest BCUT2D eigenvalue weighted by Crippen LogP contribution is 2.25. The SMILES string of the molecule is CN1C(=O)CCCC1(C)C. The van der Waals surface area contributed by atoms with Crippen LogP contribution in [0.4, 0.5) is 0 Å². The van der Waals surface area contributed by atoms with E-state index >= 15 is 0 Å². The molecule has 0 bridgehead atoms. The highest BCUT2D eigenvalue weighted by molar-refractivity contribution is 5.77. The van der Waals surface area contributed by atoms with Gasteiger partial charge in [-0.1, -0.05) is 0 Å². The first-order valence-corrected chi connectivity index (χ1v) is 3.81. The fraction of sp³-hybridized carbons (Fsp3) is 0.875. The molecular formula is C8H15NO. The lowest BCUT2D eigenvalue weighted by molar-refractivity contribution is -0.138. The summed E-state index contributed by atoms with van der Waals surface area (Å²) in [5.74, 6) is 0.288. The lowest BCUT2D eigenvalue weighted by atomic mass is 9.91. The van der Waals surface area contributed by atoms with Gasteiger partial charge in [0.15, 0.2) is 0 Å². The minimum atomic E-state index is 0.0926. The second kappa shape index (κ2) is 2.26. The standard InChI is InChI=1S/C8H15NO/c1-8(2)6-4-5-7(10)9(8)3/h4-6H2,1-3H3. The molecule has 1 saturated heterocycles. The van der Waals surface area contributed by atoms with Crippen LogP contribution in [-0.4, -0.2) is 23.4 Å². The molecule has 58 valence electrons. The Morgan fingerprint density at radius 3 is 2.50 bits per heavy atom. The number of carbonyl (C=O) groups excluding carboxylic acids is 1. The maximum atomic E-state index is 11.1. The quantitative estimate of drug-likeness (QED) is 0.499. The summed E-state index contributed by atoms with van der Waals surface area (Å²) in [5, 5.41) is 0. The number of likely N-dealkylation sites (tertiary alicyclic amines) is 1. The van der Waals surface area contributed by atoms with E-state index in [1.165, 1.54) is 0 Å². The average Bonchev–Trinajstić information content (AvgIpc) is 1.83. The molecule has 1 fully saturated rings. The average molecular weight is 141 g/mol. The maximum Gasteiger partial charge on any atom is 0.222 e. The van der Waals surface area contributed by atoms with E-state index in [4.69, 9.17) is 0 Å². The topological polar surface area (TPSA) is 20.3 Å². The van der Waals surface area contributed by atoms with Crippen LogP contribution in [0.1, 0.15) is 33.1 Å². The number of piperidine rings is 1. The summed E-state index contributed by atoms with van der Waals surface area (Å²) in [6.45, 7) is 4.23. The van der Waals surface area contributed by atoms with E-state index in [9.17, 15) is 4.79 Å². The zero-order chi connectivity index (χ0) is 7.78. The molecule has 1 heterocycles. The van der Waals surface area contributed by atoms with E-state index in [0.29, 0.717) is 0 Å². The van der Waals surface area contributed by atoms with Crippen LogP contribution in [0.15, 0.2) is 0 Å². The summed E-state index contributed by atoms with van der Waals surface area (Å²) < 4.78 is 0. The van der Waals surface area contributed by atoms with Crippen molar-refractivity contribution in [2.24, 2.45) is 0 Å². The Morgan fingerprint density at radius 1 is 1.50 bits per heavy atom. The van der Waals surface area contributed by atoms with Crippen LogP contribution in [0.25, 0.3) is 0 Å². The maximum absolute atomic E-state index is 11.1. The monoisotopic (exact) mass is 141 g/mol. The van der Waals surface area contributed by atoms with Crippen LogP contribution < -0.4 is 0 Å². The van der Waals surface area contributed by atoms with Gasteiger partial charge in [-0.15, -0.1) is 0 Å². The smallest absolute Gasteiger partial charge is 0.222 e. The summed E-state index contributed by atoms with van der Waals surface area (Å²) in [4.78, 5) is 13.0. The first-order valence-electron chi connectivity index (χ1n) is 3.81. The second-order valence-electron chi connectivity index (χ2n) is 3.62. The molecule has 10 heavy (non-hydrogen) atoms. The van der Waals surface area contributed by atoms with Crippen molar-refractivity contribution in [3.8, 4) is 0 Å². The number of amides is 1. The Kier molecular flexibility index (Phi) is 1.71. The normalized spacial score (nSPS) is 25.1. The van der Waals surface area contributed by atoms with Crippen LogP contribution in [0, 0.1) is 0 Å². The van der Waals surface area contributed by atoms with Crippen LogP contribution >= 0.6 is 0 Å². The van der Waals surface area contributed by atoms with E-state index in [1.807, 2.05) is 11.9 Å². The van der Waals surface area contributed by atoms with Crippen molar-refractivity contribution in [1.29, 1.82) is 0 Å². The molecule has 0 aromatic rings. The van der Waals surface area contributed by atoms with E-state index in [0.717, 1.165) is 19.3 Å². The predicted molar refractivity (Wildman–Crippen MR) is 40.7 cm³/mol. The predicted octanol–water partition coefficient (Wildman–Crippen LogP) is 1.41. The number of hydrogen-bond acceptors (Lipinski definition) is 1. The summed E-state index contributed by atoms with van der Waals surface area (Å²) in [7, 11) is 1.89. The Morgan fingerprint density at radius 2 is 2.10 bits per heavy atom. The summed E-state index contributed by atoms with van der Waals surface area (Å²) in [6, 6.07) is 0. The van der Waals surface area contributed by atoms with E-state index in [-0.39, 0.29) is 11.4 Å². The van der Waals surface area contributed by atoms with Gasteiger partial charge >= 0.3 is 0 Å². The summed E-state index contributed by atoms with van der Waals surface area (Å²) in [5.41, 5.74) is 0.0926. The van der Waals surface area contributed by atoms with Gasteiger partial charge in [0.25, 0.3) is 0 Å². The Labute approximate surface area is 62.2 Å². The fourth-order valence-electron chi connectivity index (χ4n) is 1.35. The molecule has 1 amide bonds. The van der Waals surface area contributed by atoms with Crippen LogP contribution in [0.2, 0.25) is 0 Å². The fourth-order valence-corrected chi connectivity index (χ4v) is 1.35. The Bertz CT molecular complexity index is 151. The minimum absolute atomic E-state index is 0.0926. The molecule has 1 aliphatic rings. The third kappa shape index (κ3) is 1.15. The number of hydrogen-bond donors (Lipinski definition) is 0. The van der Waals surface area contributed by atoms with Crippen LogP contribution in [0.5, 0.6) is 0 Å². The first-order chi connectivity index (χ1) is 4.54. The van der Waals surface area contributed by atoms with Gasteiger partial charge in [-0.2, -0.15) is 0 Å². The third-order valence-corrected chi connectivity index (χ3v) is 2.46. The van der Waals surface area contributed by atoms with Gasteiger partial charge in [0, 0.05) is 19.0 Å². The minimum Gasteiger partial charge on any atom is -0.341 e. The number of nitrogens with zero attached hydrogens (tertiary/aromatic N) is 1. The van der Waals surface area contributed by atoms with Crippen molar-refractivity contribution < 1.29 is 4.79 Å². The van der Waals surface area contributed by atoms with Crippen molar-refractivity contribution in [2.75, 3.05) is 7.05 Å². The molecule has 0 atom stereocenters. The molecule has 0 aromatic carbocycles. The lowest BCUT2D eigenvalue weighted by Crippen LogP contribution is -2.47. The molecule has 1 rings (SSSR count). The van der Waals surface area contributed by atoms with Crippen molar-refractivity contribution >= 4 is 5.91 Å². The molecule has 0 saturated carbocycles. The van der Waals surface area contributed by atoms with Crippen molar-refractivity contribution in [2.45, 2.75) is 38.6 Å². The lowest BCUT2D eigenvalue weighted by Gasteiger charge is -2.39. The van der Waals surface area contributed by atoms with E-state index in [1.54, 1.807) is 0 Å². The Balaban J connectivity index is 2.69. The van der Waals surface area contributed by atoms with E-state index in [2.05, 4.69) is 13.8 Å². The van der Waals surface area contributed by atoms with Crippen molar-refractivity contribution in [1.82, 2.24) is 4.90 Å². The molecule has 2 heteroatoms. The second-order valence-corrected chi connectivity index (χ2v) is 3.62. The molecule has 0 N–H and O–H groups in total. The number of rotatable bonds is 0. The first kappa shape index (κ1) is 7.58. The highest BCUT2D eigenvalue weighted by Gasteiger charge is 2.30. The van der Waals surface area contributed by atoms with Gasteiger partial charge < -0.3 is 4.90 Å². The third-order valence-electron chi connectivity index (χ3n) is 2.46. The Hall–Kier alpha value is -0.530. The molecule has 0 aromatic heterocycles. The van der Waals surface area contributed by atoms with Gasteiger partial charge in [0.05, 0.1) is 0 Å². The van der Waals surface area contributed by atoms with Gasteiger partial charge in [-0.25, -0.2) is 0 Å². The van der Waals surface area contributed by atoms with Gasteiger partial charge in [0.2, 0.25) is 5.91 Å². The highest BCUT2D eigenvalue weighted by atomic mass is 16.2. The largest absolute Gasteiger partial charge is 0.341 e. The number of carbonyl (C=O) groups is 1. The molecule has 0 radical (unpaired) electrons. The van der Waals surface area contributed by atoms with Crippen molar-refractivity contribution in [3.63, 3.8) is 0 Å². The van der Waals surface area contributed by atoms with Gasteiger partial charge in [-0.05, 0) is 26.7 Å². The van der Waals surface area contributed by atoms with E-state index < -0.39 is 0 Å². The zero-order valence-electron chi connectivity index (χ0n) is 6.98. The molecule has 0 unspecified atom stereocenters. The van der Waals surface area contributed by atoms with Crippen LogP contribution in [-0.2, 0) is 4.79 Å². The molecule has 2 nitrogen and oxygen atoms in total. The molecule has 1 aliphatic heterocycles. The molecule has 0 spiro atoms.